The van der Waals surface area contributed by atoms with E-state index in [1.54, 1.807) is 0 Å². The number of carbonyl (C=O) groups is 1. The lowest BCUT2D eigenvalue weighted by atomic mass is 9.91. The summed E-state index contributed by atoms with van der Waals surface area (Å²) in [6, 6.07) is 0. The molecule has 1 fully saturated rings. The number of hydrogen-bond donors (Lipinski definition) is 0. The second kappa shape index (κ2) is 7.14. The van der Waals surface area contributed by atoms with Crippen LogP contribution in [0.1, 0.15) is 66.9 Å². The predicted octanol–water partition coefficient (Wildman–Crippen LogP) is 4.30. The number of esters is 1. The Bertz CT molecular complexity index is 494. The van der Waals surface area contributed by atoms with E-state index in [1.807, 2.05) is 18.3 Å². The summed E-state index contributed by atoms with van der Waals surface area (Å²) >= 11 is 3.87. The molecule has 116 valence electrons. The van der Waals surface area contributed by atoms with Gasteiger partial charge in [0.05, 0.1) is 12.3 Å². The Balaban J connectivity index is 1.66. The van der Waals surface area contributed by atoms with E-state index < -0.39 is 0 Å². The van der Waals surface area contributed by atoms with Crippen LogP contribution < -0.4 is 0 Å². The number of aryl methyl sites for hydroxylation is 1. The highest BCUT2D eigenvalue weighted by molar-refractivity contribution is 7.99. The minimum Gasteiger partial charge on any atom is -0.465 e. The first-order chi connectivity index (χ1) is 10.3. The van der Waals surface area contributed by atoms with Gasteiger partial charge in [-0.2, -0.15) is 11.8 Å². The Morgan fingerprint density at radius 2 is 2.14 bits per heavy atom. The average molecular weight is 325 g/mol. The van der Waals surface area contributed by atoms with E-state index in [2.05, 4.69) is 11.8 Å². The zero-order valence-corrected chi connectivity index (χ0v) is 14.2. The van der Waals surface area contributed by atoms with Crippen molar-refractivity contribution in [1.29, 1.82) is 0 Å². The van der Waals surface area contributed by atoms with Crippen molar-refractivity contribution in [2.45, 2.75) is 68.8 Å². The molecule has 3 nitrogen and oxygen atoms in total. The van der Waals surface area contributed by atoms with Gasteiger partial charge >= 0.3 is 5.97 Å². The van der Waals surface area contributed by atoms with Crippen molar-refractivity contribution in [2.75, 3.05) is 6.61 Å². The van der Waals surface area contributed by atoms with E-state index in [1.165, 1.54) is 35.6 Å². The van der Waals surface area contributed by atoms with E-state index in [0.29, 0.717) is 6.61 Å². The lowest BCUT2D eigenvalue weighted by Gasteiger charge is -2.19. The summed E-state index contributed by atoms with van der Waals surface area (Å²) in [5.41, 5.74) is 1.02. The molecule has 2 aliphatic rings. The highest BCUT2D eigenvalue weighted by Gasteiger charge is 2.31. The number of aromatic nitrogens is 1. The molecule has 0 amide bonds. The molecule has 1 heterocycles. The number of hydrogen-bond acceptors (Lipinski definition) is 5. The van der Waals surface area contributed by atoms with Gasteiger partial charge in [-0.25, -0.2) is 4.98 Å². The summed E-state index contributed by atoms with van der Waals surface area (Å²) < 4.78 is 5.21. The summed E-state index contributed by atoms with van der Waals surface area (Å²) in [6.45, 7) is 2.32. The molecule has 1 atom stereocenters. The standard InChI is InChI=1S/C16H23NO2S2/c1-2-19-16(18)12-8-5-9-13-15(12)17-14(21-13)10-20-11-6-3-4-7-11/h11-12H,2-10H2,1H3. The second-order valence-corrected chi connectivity index (χ2v) is 8.29. The predicted molar refractivity (Wildman–Crippen MR) is 88.0 cm³/mol. The van der Waals surface area contributed by atoms with Crippen molar-refractivity contribution < 1.29 is 9.53 Å². The largest absolute Gasteiger partial charge is 0.465 e. The van der Waals surface area contributed by atoms with Crippen LogP contribution in [0.15, 0.2) is 0 Å². The summed E-state index contributed by atoms with van der Waals surface area (Å²) in [5.74, 6) is 0.812. The quantitative estimate of drug-likeness (QED) is 0.757. The molecule has 0 N–H and O–H groups in total. The molecule has 0 aliphatic heterocycles. The van der Waals surface area contributed by atoms with Crippen LogP contribution in [0.3, 0.4) is 0 Å². The molecule has 0 bridgehead atoms. The van der Waals surface area contributed by atoms with Gasteiger partial charge in [-0.15, -0.1) is 11.3 Å². The Labute approximate surface area is 134 Å². The topological polar surface area (TPSA) is 39.2 Å². The summed E-state index contributed by atoms with van der Waals surface area (Å²) in [4.78, 5) is 18.2. The van der Waals surface area contributed by atoms with Crippen LogP contribution in [0.25, 0.3) is 0 Å². The van der Waals surface area contributed by atoms with Crippen molar-refractivity contribution in [3.8, 4) is 0 Å². The van der Waals surface area contributed by atoms with E-state index in [9.17, 15) is 4.79 Å². The van der Waals surface area contributed by atoms with Crippen molar-refractivity contribution in [3.05, 3.63) is 15.6 Å². The van der Waals surface area contributed by atoms with E-state index in [4.69, 9.17) is 9.72 Å². The van der Waals surface area contributed by atoms with Crippen LogP contribution in [0.4, 0.5) is 0 Å². The van der Waals surface area contributed by atoms with Gasteiger partial charge in [0.2, 0.25) is 0 Å². The fraction of sp³-hybridized carbons (Fsp3) is 0.750. The number of carbonyl (C=O) groups excluding carboxylic acids is 1. The van der Waals surface area contributed by atoms with Gasteiger partial charge in [-0.05, 0) is 39.0 Å². The Morgan fingerprint density at radius 1 is 1.33 bits per heavy atom. The maximum Gasteiger partial charge on any atom is 0.315 e. The first-order valence-electron chi connectivity index (χ1n) is 8.04. The fourth-order valence-electron chi connectivity index (χ4n) is 3.25. The van der Waals surface area contributed by atoms with Gasteiger partial charge in [-0.3, -0.25) is 4.79 Å². The molecule has 1 aromatic heterocycles. The van der Waals surface area contributed by atoms with Crippen LogP contribution in [-0.2, 0) is 21.7 Å². The third-order valence-corrected chi connectivity index (χ3v) is 7.01. The molecule has 1 saturated carbocycles. The minimum atomic E-state index is -0.116. The number of thiazole rings is 1. The SMILES string of the molecule is CCOC(=O)C1CCCc2sc(CSC3CCCC3)nc21. The molecule has 1 unspecified atom stereocenters. The van der Waals surface area contributed by atoms with Crippen molar-refractivity contribution >= 4 is 29.1 Å². The molecule has 2 aliphatic carbocycles. The first kappa shape index (κ1) is 15.3. The van der Waals surface area contributed by atoms with E-state index in [-0.39, 0.29) is 11.9 Å². The lowest BCUT2D eigenvalue weighted by Crippen LogP contribution is -2.20. The van der Waals surface area contributed by atoms with Crippen molar-refractivity contribution in [1.82, 2.24) is 4.98 Å². The highest BCUT2D eigenvalue weighted by Crippen LogP contribution is 2.38. The zero-order valence-electron chi connectivity index (χ0n) is 12.6. The molecule has 0 aromatic carbocycles. The maximum atomic E-state index is 12.1. The van der Waals surface area contributed by atoms with Crippen LogP contribution in [0.2, 0.25) is 0 Å². The third-order valence-electron chi connectivity index (χ3n) is 4.31. The third kappa shape index (κ3) is 3.62. The molecule has 21 heavy (non-hydrogen) atoms. The summed E-state index contributed by atoms with van der Waals surface area (Å²) in [5, 5.41) is 2.03. The number of ether oxygens (including phenoxy) is 1. The second-order valence-electron chi connectivity index (χ2n) is 5.83. The maximum absolute atomic E-state index is 12.1. The monoisotopic (exact) mass is 325 g/mol. The van der Waals surface area contributed by atoms with Crippen molar-refractivity contribution in [2.24, 2.45) is 0 Å². The highest BCUT2D eigenvalue weighted by atomic mass is 32.2. The summed E-state index contributed by atoms with van der Waals surface area (Å²) in [6.07, 6.45) is 8.55. The van der Waals surface area contributed by atoms with Crippen LogP contribution in [-0.4, -0.2) is 22.8 Å². The van der Waals surface area contributed by atoms with Gasteiger partial charge in [0.15, 0.2) is 0 Å². The number of fused-ring (bicyclic) bond motifs is 1. The Morgan fingerprint density at radius 3 is 2.90 bits per heavy atom. The molecule has 3 rings (SSSR count). The minimum absolute atomic E-state index is 0.0845. The van der Waals surface area contributed by atoms with E-state index in [0.717, 1.165) is 36.0 Å². The molecular weight excluding hydrogens is 302 g/mol. The number of rotatable bonds is 5. The first-order valence-corrected chi connectivity index (χ1v) is 9.91. The van der Waals surface area contributed by atoms with Gasteiger partial charge < -0.3 is 4.74 Å². The zero-order chi connectivity index (χ0) is 14.7. The van der Waals surface area contributed by atoms with Crippen LogP contribution in [0.5, 0.6) is 0 Å². The molecule has 5 heteroatoms. The van der Waals surface area contributed by atoms with Gasteiger partial charge in [-0.1, -0.05) is 12.8 Å². The summed E-state index contributed by atoms with van der Waals surface area (Å²) in [7, 11) is 0. The smallest absolute Gasteiger partial charge is 0.315 e. The van der Waals surface area contributed by atoms with Gasteiger partial charge in [0.1, 0.15) is 10.9 Å². The van der Waals surface area contributed by atoms with Crippen molar-refractivity contribution in [3.63, 3.8) is 0 Å². The van der Waals surface area contributed by atoms with Gasteiger partial charge in [0, 0.05) is 15.9 Å². The van der Waals surface area contributed by atoms with Crippen LogP contribution >= 0.6 is 23.1 Å². The molecular formula is C16H23NO2S2. The molecule has 0 saturated heterocycles. The number of thioether (sulfide) groups is 1. The molecule has 0 spiro atoms. The van der Waals surface area contributed by atoms with Crippen LogP contribution in [0, 0.1) is 0 Å². The van der Waals surface area contributed by atoms with Gasteiger partial charge in [0.25, 0.3) is 0 Å². The molecule has 0 radical (unpaired) electrons. The van der Waals surface area contributed by atoms with E-state index >= 15 is 0 Å². The number of nitrogens with zero attached hydrogens (tertiary/aromatic N) is 1. The molecule has 1 aromatic rings. The fourth-order valence-corrected chi connectivity index (χ4v) is 5.76. The Hall–Kier alpha value is -0.550. The Kier molecular flexibility index (Phi) is 5.22. The normalized spacial score (nSPS) is 22.2. The lowest BCUT2D eigenvalue weighted by molar-refractivity contribution is -0.145. The average Bonchev–Trinajstić information content (AvgIpc) is 3.13.